The number of benzene rings is 1. The third-order valence-electron chi connectivity index (χ3n) is 2.69. The SMILES string of the molecule is CCCC(C)CC(=O)Nc1ccc(SC)cc1. The van der Waals surface area contributed by atoms with Crippen molar-refractivity contribution in [2.75, 3.05) is 11.6 Å². The van der Waals surface area contributed by atoms with Gasteiger partial charge in [0, 0.05) is 17.0 Å². The Balaban J connectivity index is 2.44. The van der Waals surface area contributed by atoms with Crippen LogP contribution in [0.2, 0.25) is 0 Å². The summed E-state index contributed by atoms with van der Waals surface area (Å²) in [7, 11) is 0. The molecule has 1 rings (SSSR count). The minimum atomic E-state index is 0.114. The molecule has 94 valence electrons. The van der Waals surface area contributed by atoms with Crippen molar-refractivity contribution in [3.63, 3.8) is 0 Å². The molecule has 0 heterocycles. The van der Waals surface area contributed by atoms with E-state index in [-0.39, 0.29) is 5.91 Å². The molecule has 0 fully saturated rings. The molecule has 0 saturated heterocycles. The fraction of sp³-hybridized carbons (Fsp3) is 0.500. The average molecular weight is 251 g/mol. The van der Waals surface area contributed by atoms with Crippen LogP contribution in [-0.4, -0.2) is 12.2 Å². The molecule has 1 aromatic carbocycles. The summed E-state index contributed by atoms with van der Waals surface area (Å²) < 4.78 is 0. The Morgan fingerprint density at radius 3 is 2.53 bits per heavy atom. The smallest absolute Gasteiger partial charge is 0.224 e. The van der Waals surface area contributed by atoms with E-state index in [0.717, 1.165) is 18.5 Å². The van der Waals surface area contributed by atoms with E-state index in [0.29, 0.717) is 12.3 Å². The van der Waals surface area contributed by atoms with Crippen molar-refractivity contribution in [1.29, 1.82) is 0 Å². The second-order valence-corrected chi connectivity index (χ2v) is 5.25. The maximum absolute atomic E-state index is 11.7. The lowest BCUT2D eigenvalue weighted by Gasteiger charge is -2.10. The van der Waals surface area contributed by atoms with Crippen LogP contribution in [0.5, 0.6) is 0 Å². The van der Waals surface area contributed by atoms with Crippen LogP contribution in [0.1, 0.15) is 33.1 Å². The maximum Gasteiger partial charge on any atom is 0.224 e. The first-order valence-electron chi connectivity index (χ1n) is 6.09. The van der Waals surface area contributed by atoms with E-state index >= 15 is 0 Å². The van der Waals surface area contributed by atoms with Crippen LogP contribution < -0.4 is 5.32 Å². The van der Waals surface area contributed by atoms with Crippen LogP contribution in [0, 0.1) is 5.92 Å². The summed E-state index contributed by atoms with van der Waals surface area (Å²) in [5.41, 5.74) is 0.886. The molecule has 1 aromatic rings. The fourth-order valence-electron chi connectivity index (χ4n) is 1.80. The Hall–Kier alpha value is -0.960. The Labute approximate surface area is 108 Å². The number of carbonyl (C=O) groups excluding carboxylic acids is 1. The summed E-state index contributed by atoms with van der Waals surface area (Å²) in [5.74, 6) is 0.577. The van der Waals surface area contributed by atoms with E-state index in [2.05, 4.69) is 19.2 Å². The Morgan fingerprint density at radius 1 is 1.35 bits per heavy atom. The van der Waals surface area contributed by atoms with Gasteiger partial charge in [0.05, 0.1) is 0 Å². The van der Waals surface area contributed by atoms with Crippen LogP contribution in [0.25, 0.3) is 0 Å². The maximum atomic E-state index is 11.7. The molecule has 0 saturated carbocycles. The topological polar surface area (TPSA) is 29.1 Å². The zero-order chi connectivity index (χ0) is 12.7. The predicted molar refractivity (Wildman–Crippen MR) is 75.5 cm³/mol. The number of hydrogen-bond acceptors (Lipinski definition) is 2. The van der Waals surface area contributed by atoms with Gasteiger partial charge >= 0.3 is 0 Å². The van der Waals surface area contributed by atoms with Crippen LogP contribution in [0.3, 0.4) is 0 Å². The normalized spacial score (nSPS) is 12.2. The number of thioether (sulfide) groups is 1. The lowest BCUT2D eigenvalue weighted by Crippen LogP contribution is -2.14. The third-order valence-corrected chi connectivity index (χ3v) is 3.43. The van der Waals surface area contributed by atoms with Gasteiger partial charge in [-0.05, 0) is 36.4 Å². The van der Waals surface area contributed by atoms with Gasteiger partial charge in [0.1, 0.15) is 0 Å². The van der Waals surface area contributed by atoms with E-state index in [9.17, 15) is 4.79 Å². The molecule has 17 heavy (non-hydrogen) atoms. The third kappa shape index (κ3) is 5.26. The van der Waals surface area contributed by atoms with Gasteiger partial charge < -0.3 is 5.32 Å². The minimum absolute atomic E-state index is 0.114. The second kappa shape index (κ2) is 7.38. The Morgan fingerprint density at radius 2 is 2.00 bits per heavy atom. The molecular weight excluding hydrogens is 230 g/mol. The fourth-order valence-corrected chi connectivity index (χ4v) is 2.21. The highest BCUT2D eigenvalue weighted by Gasteiger charge is 2.08. The number of rotatable bonds is 6. The van der Waals surface area contributed by atoms with Crippen molar-refractivity contribution in [3.05, 3.63) is 24.3 Å². The molecule has 1 N–H and O–H groups in total. The van der Waals surface area contributed by atoms with Gasteiger partial charge in [0.15, 0.2) is 0 Å². The summed E-state index contributed by atoms with van der Waals surface area (Å²) in [4.78, 5) is 12.9. The first-order valence-corrected chi connectivity index (χ1v) is 7.32. The van der Waals surface area contributed by atoms with Crippen molar-refractivity contribution < 1.29 is 4.79 Å². The molecule has 0 bridgehead atoms. The molecule has 3 heteroatoms. The van der Waals surface area contributed by atoms with E-state index in [1.54, 1.807) is 11.8 Å². The minimum Gasteiger partial charge on any atom is -0.326 e. The summed E-state index contributed by atoms with van der Waals surface area (Å²) in [6.07, 6.45) is 4.90. The number of hydrogen-bond donors (Lipinski definition) is 1. The average Bonchev–Trinajstić information content (AvgIpc) is 2.30. The molecule has 1 atom stereocenters. The molecule has 1 amide bonds. The first-order chi connectivity index (χ1) is 8.15. The van der Waals surface area contributed by atoms with Crippen LogP contribution >= 0.6 is 11.8 Å². The van der Waals surface area contributed by atoms with Crippen molar-refractivity contribution in [2.24, 2.45) is 5.92 Å². The van der Waals surface area contributed by atoms with E-state index in [4.69, 9.17) is 0 Å². The van der Waals surface area contributed by atoms with Crippen molar-refractivity contribution in [1.82, 2.24) is 0 Å². The van der Waals surface area contributed by atoms with Crippen molar-refractivity contribution >= 4 is 23.4 Å². The molecule has 1 unspecified atom stereocenters. The predicted octanol–water partition coefficient (Wildman–Crippen LogP) is 4.17. The van der Waals surface area contributed by atoms with E-state index in [1.807, 2.05) is 30.5 Å². The molecule has 0 aromatic heterocycles. The summed E-state index contributed by atoms with van der Waals surface area (Å²) >= 11 is 1.70. The molecule has 2 nitrogen and oxygen atoms in total. The number of anilines is 1. The largest absolute Gasteiger partial charge is 0.326 e. The monoisotopic (exact) mass is 251 g/mol. The highest BCUT2D eigenvalue weighted by molar-refractivity contribution is 7.98. The molecule has 0 aliphatic carbocycles. The summed E-state index contributed by atoms with van der Waals surface area (Å²) in [5, 5.41) is 2.93. The second-order valence-electron chi connectivity index (χ2n) is 4.37. The van der Waals surface area contributed by atoms with E-state index < -0.39 is 0 Å². The first kappa shape index (κ1) is 14.1. The number of nitrogens with one attached hydrogen (secondary N) is 1. The molecular formula is C14H21NOS. The standard InChI is InChI=1S/C14H21NOS/c1-4-5-11(2)10-14(16)15-12-6-8-13(17-3)9-7-12/h6-9,11H,4-5,10H2,1-3H3,(H,15,16). The highest BCUT2D eigenvalue weighted by atomic mass is 32.2. The van der Waals surface area contributed by atoms with Crippen molar-refractivity contribution in [2.45, 2.75) is 38.0 Å². The van der Waals surface area contributed by atoms with Crippen molar-refractivity contribution in [3.8, 4) is 0 Å². The Bertz CT molecular complexity index is 348. The van der Waals surface area contributed by atoms with Gasteiger partial charge in [0.25, 0.3) is 0 Å². The summed E-state index contributed by atoms with van der Waals surface area (Å²) in [6.45, 7) is 4.27. The Kier molecular flexibility index (Phi) is 6.12. The molecule has 0 radical (unpaired) electrons. The van der Waals surface area contributed by atoms with Crippen LogP contribution in [-0.2, 0) is 4.79 Å². The van der Waals surface area contributed by atoms with Gasteiger partial charge in [0.2, 0.25) is 5.91 Å². The van der Waals surface area contributed by atoms with Gasteiger partial charge in [-0.1, -0.05) is 26.7 Å². The van der Waals surface area contributed by atoms with Gasteiger partial charge in [-0.3, -0.25) is 4.79 Å². The zero-order valence-corrected chi connectivity index (χ0v) is 11.6. The summed E-state index contributed by atoms with van der Waals surface area (Å²) in [6, 6.07) is 7.95. The highest BCUT2D eigenvalue weighted by Crippen LogP contribution is 2.18. The van der Waals surface area contributed by atoms with Gasteiger partial charge in [-0.2, -0.15) is 0 Å². The lowest BCUT2D eigenvalue weighted by molar-refractivity contribution is -0.117. The quantitative estimate of drug-likeness (QED) is 0.769. The van der Waals surface area contributed by atoms with Gasteiger partial charge in [-0.25, -0.2) is 0 Å². The zero-order valence-electron chi connectivity index (χ0n) is 10.8. The van der Waals surface area contributed by atoms with Crippen LogP contribution in [0.4, 0.5) is 5.69 Å². The van der Waals surface area contributed by atoms with Crippen LogP contribution in [0.15, 0.2) is 29.2 Å². The number of carbonyl (C=O) groups is 1. The van der Waals surface area contributed by atoms with E-state index in [1.165, 1.54) is 4.90 Å². The van der Waals surface area contributed by atoms with Gasteiger partial charge in [-0.15, -0.1) is 11.8 Å². The molecule has 0 aliphatic heterocycles. The number of amides is 1. The molecule has 0 aliphatic rings. The lowest BCUT2D eigenvalue weighted by atomic mass is 10.0. The molecule has 0 spiro atoms.